The van der Waals surface area contributed by atoms with Crippen molar-refractivity contribution in [3.63, 3.8) is 0 Å². The number of nitrogens with one attached hydrogen (secondary N) is 1. The van der Waals surface area contributed by atoms with Gasteiger partial charge in [0.25, 0.3) is 5.91 Å². The highest BCUT2D eigenvalue weighted by Gasteiger charge is 2.75. The molecule has 6 heteroatoms. The standard InChI is InChI=1S/C16H17Cl2NO3/c1-14(2)15(3)6-7-16(14,22-13(15)21)12(20)19-11-5-4-9(17)8-10(11)18/h4-5,8H,6-7H2,1-3H3,(H,19,20)/t15-,16+/m1/s1. The molecule has 0 unspecified atom stereocenters. The van der Waals surface area contributed by atoms with Crippen molar-refractivity contribution >= 4 is 40.8 Å². The number of fused-ring (bicyclic) bond motifs is 2. The molecule has 1 aliphatic heterocycles. The van der Waals surface area contributed by atoms with Gasteiger partial charge < -0.3 is 10.1 Å². The lowest BCUT2D eigenvalue weighted by Gasteiger charge is -2.35. The summed E-state index contributed by atoms with van der Waals surface area (Å²) in [6.07, 6.45) is 1.15. The highest BCUT2D eigenvalue weighted by atomic mass is 35.5. The van der Waals surface area contributed by atoms with Gasteiger partial charge in [-0.05, 0) is 38.0 Å². The van der Waals surface area contributed by atoms with Gasteiger partial charge in [0.15, 0.2) is 5.60 Å². The third-order valence-electron chi connectivity index (χ3n) is 5.63. The molecule has 1 aliphatic carbocycles. The summed E-state index contributed by atoms with van der Waals surface area (Å²) >= 11 is 12.0. The number of rotatable bonds is 2. The summed E-state index contributed by atoms with van der Waals surface area (Å²) in [5, 5.41) is 3.62. The molecule has 2 bridgehead atoms. The van der Waals surface area contributed by atoms with Gasteiger partial charge in [-0.25, -0.2) is 0 Å². The normalized spacial score (nSPS) is 32.0. The van der Waals surface area contributed by atoms with E-state index in [1.807, 2.05) is 20.8 Å². The first-order chi connectivity index (χ1) is 10.1. The van der Waals surface area contributed by atoms with Gasteiger partial charge in [-0.2, -0.15) is 0 Å². The fourth-order valence-corrected chi connectivity index (χ4v) is 4.02. The summed E-state index contributed by atoms with van der Waals surface area (Å²) in [5.74, 6) is -0.641. The Kier molecular flexibility index (Phi) is 3.28. The van der Waals surface area contributed by atoms with Gasteiger partial charge in [0.2, 0.25) is 0 Å². The van der Waals surface area contributed by atoms with Crippen molar-refractivity contribution in [1.29, 1.82) is 0 Å². The monoisotopic (exact) mass is 341 g/mol. The zero-order valence-corrected chi connectivity index (χ0v) is 14.1. The van der Waals surface area contributed by atoms with Gasteiger partial charge in [-0.3, -0.25) is 9.59 Å². The fourth-order valence-electron chi connectivity index (χ4n) is 3.56. The number of hydrogen-bond acceptors (Lipinski definition) is 3. The third kappa shape index (κ3) is 1.77. The number of ether oxygens (including phenoxy) is 1. The molecule has 1 saturated heterocycles. The van der Waals surface area contributed by atoms with Crippen LogP contribution < -0.4 is 5.32 Å². The van der Waals surface area contributed by atoms with E-state index in [1.54, 1.807) is 18.2 Å². The number of anilines is 1. The first-order valence-corrected chi connectivity index (χ1v) is 7.90. The lowest BCUT2D eigenvalue weighted by atomic mass is 9.66. The van der Waals surface area contributed by atoms with Crippen LogP contribution in [0.4, 0.5) is 5.69 Å². The second-order valence-electron chi connectivity index (χ2n) is 6.75. The molecule has 0 aromatic heterocycles. The molecule has 2 fully saturated rings. The summed E-state index contributed by atoms with van der Waals surface area (Å²) < 4.78 is 5.54. The first-order valence-electron chi connectivity index (χ1n) is 7.14. The molecule has 1 saturated carbocycles. The van der Waals surface area contributed by atoms with E-state index >= 15 is 0 Å². The number of esters is 1. The predicted octanol–water partition coefficient (Wildman–Crippen LogP) is 4.05. The Morgan fingerprint density at radius 1 is 1.23 bits per heavy atom. The van der Waals surface area contributed by atoms with E-state index in [0.717, 1.165) is 0 Å². The summed E-state index contributed by atoms with van der Waals surface area (Å²) in [5.41, 5.74) is -1.91. The second-order valence-corrected chi connectivity index (χ2v) is 7.60. The summed E-state index contributed by atoms with van der Waals surface area (Å²) in [6.45, 7) is 5.69. The Labute approximate surface area is 139 Å². The lowest BCUT2D eigenvalue weighted by molar-refractivity contribution is -0.165. The van der Waals surface area contributed by atoms with Crippen LogP contribution >= 0.6 is 23.2 Å². The molecule has 1 aromatic carbocycles. The van der Waals surface area contributed by atoms with Gasteiger partial charge in [0.05, 0.1) is 16.1 Å². The summed E-state index contributed by atoms with van der Waals surface area (Å²) in [6, 6.07) is 4.84. The quantitative estimate of drug-likeness (QED) is 0.825. The van der Waals surface area contributed by atoms with E-state index in [4.69, 9.17) is 27.9 Å². The topological polar surface area (TPSA) is 55.4 Å². The number of benzene rings is 1. The largest absolute Gasteiger partial charge is 0.448 e. The smallest absolute Gasteiger partial charge is 0.313 e. The number of carbonyl (C=O) groups excluding carboxylic acids is 2. The lowest BCUT2D eigenvalue weighted by Crippen LogP contribution is -2.50. The Balaban J connectivity index is 1.94. The van der Waals surface area contributed by atoms with E-state index in [1.165, 1.54) is 0 Å². The Hall–Kier alpha value is -1.26. The molecule has 2 aliphatic rings. The van der Waals surface area contributed by atoms with Crippen molar-refractivity contribution in [2.24, 2.45) is 10.8 Å². The molecular weight excluding hydrogens is 325 g/mol. The van der Waals surface area contributed by atoms with Crippen LogP contribution in [0.3, 0.4) is 0 Å². The van der Waals surface area contributed by atoms with Crippen LogP contribution in [0.25, 0.3) is 0 Å². The minimum atomic E-state index is -1.15. The third-order valence-corrected chi connectivity index (χ3v) is 6.18. The van der Waals surface area contributed by atoms with Crippen LogP contribution in [-0.4, -0.2) is 17.5 Å². The molecule has 0 spiro atoms. The molecule has 118 valence electrons. The van der Waals surface area contributed by atoms with Gasteiger partial charge in [0, 0.05) is 10.4 Å². The predicted molar refractivity (Wildman–Crippen MR) is 85.0 cm³/mol. The average Bonchev–Trinajstić information content (AvgIpc) is 2.72. The zero-order valence-electron chi connectivity index (χ0n) is 12.6. The van der Waals surface area contributed by atoms with E-state index < -0.39 is 16.4 Å². The number of hydrogen-bond donors (Lipinski definition) is 1. The van der Waals surface area contributed by atoms with Crippen molar-refractivity contribution in [2.45, 2.75) is 39.2 Å². The van der Waals surface area contributed by atoms with Crippen molar-refractivity contribution in [3.05, 3.63) is 28.2 Å². The molecule has 1 N–H and O–H groups in total. The molecule has 1 heterocycles. The molecule has 22 heavy (non-hydrogen) atoms. The number of amides is 1. The van der Waals surface area contributed by atoms with Crippen LogP contribution in [0, 0.1) is 10.8 Å². The molecule has 4 nitrogen and oxygen atoms in total. The summed E-state index contributed by atoms with van der Waals surface area (Å²) in [7, 11) is 0. The minimum absolute atomic E-state index is 0.305. The minimum Gasteiger partial charge on any atom is -0.448 e. The van der Waals surface area contributed by atoms with Crippen molar-refractivity contribution in [1.82, 2.24) is 0 Å². The Morgan fingerprint density at radius 3 is 2.41 bits per heavy atom. The maximum atomic E-state index is 12.9. The second kappa shape index (κ2) is 4.62. The van der Waals surface area contributed by atoms with E-state index in [9.17, 15) is 9.59 Å². The van der Waals surface area contributed by atoms with Gasteiger partial charge >= 0.3 is 5.97 Å². The maximum absolute atomic E-state index is 12.9. The summed E-state index contributed by atoms with van der Waals surface area (Å²) in [4.78, 5) is 25.1. The fraction of sp³-hybridized carbons (Fsp3) is 0.500. The van der Waals surface area contributed by atoms with E-state index in [2.05, 4.69) is 5.32 Å². The van der Waals surface area contributed by atoms with Gasteiger partial charge in [-0.1, -0.05) is 37.0 Å². The van der Waals surface area contributed by atoms with E-state index in [0.29, 0.717) is 28.6 Å². The van der Waals surface area contributed by atoms with Crippen LogP contribution in [-0.2, 0) is 14.3 Å². The van der Waals surface area contributed by atoms with Crippen molar-refractivity contribution in [2.75, 3.05) is 5.32 Å². The number of halogens is 2. The van der Waals surface area contributed by atoms with Crippen LogP contribution in [0.2, 0.25) is 10.0 Å². The first kappa shape index (κ1) is 15.6. The highest BCUT2D eigenvalue weighted by Crippen LogP contribution is 2.65. The SMILES string of the molecule is CC1(C)[C@@]2(C(=O)Nc3ccc(Cl)cc3Cl)CC[C@]1(C)C(=O)O2. The maximum Gasteiger partial charge on any atom is 0.313 e. The number of carbonyl (C=O) groups is 2. The van der Waals surface area contributed by atoms with E-state index in [-0.39, 0.29) is 11.9 Å². The molecule has 2 atom stereocenters. The zero-order chi connectivity index (χ0) is 16.3. The Morgan fingerprint density at radius 2 is 1.91 bits per heavy atom. The Bertz CT molecular complexity index is 688. The van der Waals surface area contributed by atoms with Crippen LogP contribution in [0.1, 0.15) is 33.6 Å². The molecule has 0 radical (unpaired) electrons. The average molecular weight is 342 g/mol. The van der Waals surface area contributed by atoms with Gasteiger partial charge in [-0.15, -0.1) is 0 Å². The van der Waals surface area contributed by atoms with Crippen LogP contribution in [0.5, 0.6) is 0 Å². The van der Waals surface area contributed by atoms with Gasteiger partial charge in [0.1, 0.15) is 0 Å². The van der Waals surface area contributed by atoms with Crippen LogP contribution in [0.15, 0.2) is 18.2 Å². The van der Waals surface area contributed by atoms with Crippen molar-refractivity contribution in [3.8, 4) is 0 Å². The molecule has 3 rings (SSSR count). The molecular formula is C16H17Cl2NO3. The molecule has 1 aromatic rings. The van der Waals surface area contributed by atoms with Crippen molar-refractivity contribution < 1.29 is 14.3 Å². The molecule has 1 amide bonds. The highest BCUT2D eigenvalue weighted by molar-refractivity contribution is 6.36.